The van der Waals surface area contributed by atoms with E-state index in [2.05, 4.69) is 5.32 Å². The van der Waals surface area contributed by atoms with Gasteiger partial charge in [0.2, 0.25) is 15.9 Å². The Labute approximate surface area is 193 Å². The van der Waals surface area contributed by atoms with Crippen LogP contribution in [0.1, 0.15) is 24.0 Å². The Morgan fingerprint density at radius 2 is 1.91 bits per heavy atom. The topological polar surface area (TPSA) is 94.2 Å². The van der Waals surface area contributed by atoms with Gasteiger partial charge < -0.3 is 19.5 Å². The first kappa shape index (κ1) is 24.9. The summed E-state index contributed by atoms with van der Waals surface area (Å²) < 4.78 is 58.5. The molecule has 2 aromatic rings. The van der Waals surface area contributed by atoms with Crippen LogP contribution >= 0.6 is 0 Å². The summed E-state index contributed by atoms with van der Waals surface area (Å²) in [6, 6.07) is 7.48. The number of nitrogens with zero attached hydrogens (tertiary/aromatic N) is 1. The van der Waals surface area contributed by atoms with Gasteiger partial charge in [-0.1, -0.05) is 12.1 Å². The number of halogens is 1. The first-order valence-electron chi connectivity index (χ1n) is 10.6. The fraction of sp³-hybridized carbons (Fsp3) is 0.435. The molecule has 0 aliphatic carbocycles. The minimum absolute atomic E-state index is 0.0623. The van der Waals surface area contributed by atoms with Crippen LogP contribution in [0.3, 0.4) is 0 Å². The zero-order valence-corrected chi connectivity index (χ0v) is 20.0. The van der Waals surface area contributed by atoms with Crippen LogP contribution in [-0.2, 0) is 19.6 Å². The lowest BCUT2D eigenvalue weighted by Gasteiger charge is -2.25. The smallest absolute Gasteiger partial charge is 0.246 e. The number of anilines is 1. The highest BCUT2D eigenvalue weighted by Crippen LogP contribution is 2.33. The standard InChI is InChI=1S/C23H29FN2O6S/c1-15-7-5-9-19(16(15)2)25-23(27)14-26(13-17-8-6-10-32-17)33(28,29)22-12-21(31-4)20(30-3)11-18(22)24/h5,7,9,11-12,17H,6,8,10,13-14H2,1-4H3,(H,25,27). The number of sulfonamides is 1. The highest BCUT2D eigenvalue weighted by atomic mass is 32.2. The van der Waals surface area contributed by atoms with Gasteiger partial charge in [0.1, 0.15) is 10.7 Å². The minimum atomic E-state index is -4.40. The molecule has 8 nitrogen and oxygen atoms in total. The second-order valence-corrected chi connectivity index (χ2v) is 9.77. The summed E-state index contributed by atoms with van der Waals surface area (Å²) in [5.74, 6) is -1.41. The molecule has 1 saturated heterocycles. The molecule has 1 heterocycles. The van der Waals surface area contributed by atoms with Gasteiger partial charge in [0.15, 0.2) is 11.5 Å². The normalized spacial score (nSPS) is 16.1. The number of methoxy groups -OCH3 is 2. The van der Waals surface area contributed by atoms with Crippen LogP contribution in [0.2, 0.25) is 0 Å². The van der Waals surface area contributed by atoms with Crippen molar-refractivity contribution >= 4 is 21.6 Å². The predicted molar refractivity (Wildman–Crippen MR) is 122 cm³/mol. The number of hydrogen-bond donors (Lipinski definition) is 1. The lowest BCUT2D eigenvalue weighted by Crippen LogP contribution is -2.42. The summed E-state index contributed by atoms with van der Waals surface area (Å²) in [6.45, 7) is 3.72. The third-order valence-corrected chi connectivity index (χ3v) is 7.51. The van der Waals surface area contributed by atoms with E-state index >= 15 is 0 Å². The minimum Gasteiger partial charge on any atom is -0.493 e. The van der Waals surface area contributed by atoms with Gasteiger partial charge in [-0.05, 0) is 43.9 Å². The summed E-state index contributed by atoms with van der Waals surface area (Å²) >= 11 is 0. The lowest BCUT2D eigenvalue weighted by molar-refractivity contribution is -0.116. The number of hydrogen-bond acceptors (Lipinski definition) is 6. The molecule has 1 aliphatic rings. The third kappa shape index (κ3) is 5.63. The molecule has 1 unspecified atom stereocenters. The molecule has 0 aromatic heterocycles. The van der Waals surface area contributed by atoms with E-state index in [1.165, 1.54) is 14.2 Å². The molecule has 0 bridgehead atoms. The molecule has 33 heavy (non-hydrogen) atoms. The van der Waals surface area contributed by atoms with Crippen LogP contribution in [0.15, 0.2) is 35.2 Å². The lowest BCUT2D eigenvalue weighted by atomic mass is 10.1. The molecule has 2 aromatic carbocycles. The van der Waals surface area contributed by atoms with Gasteiger partial charge in [0, 0.05) is 31.0 Å². The molecular weight excluding hydrogens is 451 g/mol. The van der Waals surface area contributed by atoms with Gasteiger partial charge in [0.05, 0.1) is 26.9 Å². The molecule has 1 fully saturated rings. The SMILES string of the molecule is COc1cc(F)c(S(=O)(=O)N(CC(=O)Nc2cccc(C)c2C)CC2CCCO2)cc1OC. The fourth-order valence-corrected chi connectivity index (χ4v) is 5.16. The van der Waals surface area contributed by atoms with E-state index in [9.17, 15) is 17.6 Å². The monoisotopic (exact) mass is 480 g/mol. The first-order chi connectivity index (χ1) is 15.7. The van der Waals surface area contributed by atoms with Crippen molar-refractivity contribution in [2.75, 3.05) is 39.2 Å². The molecule has 1 aliphatic heterocycles. The Hall–Kier alpha value is -2.69. The molecule has 1 N–H and O–H groups in total. The van der Waals surface area contributed by atoms with Crippen molar-refractivity contribution in [3.05, 3.63) is 47.3 Å². The molecule has 1 atom stereocenters. The molecule has 0 radical (unpaired) electrons. The van der Waals surface area contributed by atoms with E-state index in [1.54, 1.807) is 12.1 Å². The number of nitrogens with one attached hydrogen (secondary N) is 1. The van der Waals surface area contributed by atoms with Gasteiger partial charge in [-0.15, -0.1) is 0 Å². The van der Waals surface area contributed by atoms with Crippen LogP contribution in [0.5, 0.6) is 11.5 Å². The van der Waals surface area contributed by atoms with Crippen molar-refractivity contribution in [3.8, 4) is 11.5 Å². The Balaban J connectivity index is 1.92. The Morgan fingerprint density at radius 1 is 1.21 bits per heavy atom. The van der Waals surface area contributed by atoms with Gasteiger partial charge in [-0.2, -0.15) is 4.31 Å². The van der Waals surface area contributed by atoms with E-state index in [-0.39, 0.29) is 24.1 Å². The number of carbonyl (C=O) groups is 1. The molecule has 1 amide bonds. The summed E-state index contributed by atoms with van der Waals surface area (Å²) in [4.78, 5) is 12.3. The Morgan fingerprint density at radius 3 is 2.55 bits per heavy atom. The van der Waals surface area contributed by atoms with Gasteiger partial charge in [0.25, 0.3) is 0 Å². The zero-order chi connectivity index (χ0) is 24.2. The molecule has 180 valence electrons. The van der Waals surface area contributed by atoms with Crippen LogP contribution in [0.25, 0.3) is 0 Å². The van der Waals surface area contributed by atoms with Crippen molar-refractivity contribution in [1.29, 1.82) is 0 Å². The average Bonchev–Trinajstić information content (AvgIpc) is 3.29. The maximum absolute atomic E-state index is 14.8. The van der Waals surface area contributed by atoms with E-state index < -0.39 is 33.2 Å². The highest BCUT2D eigenvalue weighted by Gasteiger charge is 2.34. The second kappa shape index (κ2) is 10.5. The first-order valence-corrected chi connectivity index (χ1v) is 12.0. The number of ether oxygens (including phenoxy) is 3. The average molecular weight is 481 g/mol. The van der Waals surface area contributed by atoms with E-state index in [1.807, 2.05) is 19.9 Å². The van der Waals surface area contributed by atoms with Crippen LogP contribution in [0.4, 0.5) is 10.1 Å². The largest absolute Gasteiger partial charge is 0.493 e. The molecule has 0 saturated carbocycles. The fourth-order valence-electron chi connectivity index (χ4n) is 3.67. The highest BCUT2D eigenvalue weighted by molar-refractivity contribution is 7.89. The van der Waals surface area contributed by atoms with Crippen molar-refractivity contribution in [2.24, 2.45) is 0 Å². The Bertz CT molecular complexity index is 1120. The summed E-state index contributed by atoms with van der Waals surface area (Å²) in [5, 5.41) is 2.76. The van der Waals surface area contributed by atoms with E-state index in [0.717, 1.165) is 34.0 Å². The number of carbonyl (C=O) groups excluding carboxylic acids is 1. The predicted octanol–water partition coefficient (Wildman–Crippen LogP) is 3.27. The third-order valence-electron chi connectivity index (χ3n) is 5.69. The van der Waals surface area contributed by atoms with Gasteiger partial charge in [-0.3, -0.25) is 4.79 Å². The van der Waals surface area contributed by atoms with Crippen molar-refractivity contribution in [3.63, 3.8) is 0 Å². The van der Waals surface area contributed by atoms with Crippen LogP contribution < -0.4 is 14.8 Å². The quantitative estimate of drug-likeness (QED) is 0.592. The van der Waals surface area contributed by atoms with Crippen molar-refractivity contribution < 1.29 is 31.8 Å². The Kier molecular flexibility index (Phi) is 7.93. The van der Waals surface area contributed by atoms with Crippen molar-refractivity contribution in [2.45, 2.75) is 37.7 Å². The maximum atomic E-state index is 14.8. The molecule has 0 spiro atoms. The second-order valence-electron chi connectivity index (χ2n) is 7.87. The molecule has 10 heteroatoms. The summed E-state index contributed by atoms with van der Waals surface area (Å²) in [7, 11) is -1.75. The van der Waals surface area contributed by atoms with E-state index in [4.69, 9.17) is 14.2 Å². The number of amides is 1. The molecular formula is C23H29FN2O6S. The maximum Gasteiger partial charge on any atom is 0.246 e. The number of rotatable bonds is 9. The van der Waals surface area contributed by atoms with Crippen LogP contribution in [-0.4, -0.2) is 58.7 Å². The number of aryl methyl sites for hydroxylation is 1. The van der Waals surface area contributed by atoms with Crippen molar-refractivity contribution in [1.82, 2.24) is 4.31 Å². The zero-order valence-electron chi connectivity index (χ0n) is 19.2. The van der Waals surface area contributed by atoms with Gasteiger partial charge >= 0.3 is 0 Å². The molecule has 3 rings (SSSR count). The summed E-state index contributed by atoms with van der Waals surface area (Å²) in [6.07, 6.45) is 1.06. The number of benzene rings is 2. The van der Waals surface area contributed by atoms with E-state index in [0.29, 0.717) is 18.7 Å². The summed E-state index contributed by atoms with van der Waals surface area (Å²) in [5.41, 5.74) is 2.46. The van der Waals surface area contributed by atoms with Gasteiger partial charge in [-0.25, -0.2) is 12.8 Å². The van der Waals surface area contributed by atoms with Crippen LogP contribution in [0, 0.1) is 19.7 Å².